The van der Waals surface area contributed by atoms with E-state index >= 15 is 0 Å². The first-order valence-corrected chi connectivity index (χ1v) is 7.12. The molecule has 0 radical (unpaired) electrons. The maximum absolute atomic E-state index is 12.3. The van der Waals surface area contributed by atoms with Crippen molar-refractivity contribution in [1.82, 2.24) is 10.2 Å². The molecule has 2 fully saturated rings. The van der Waals surface area contributed by atoms with E-state index in [0.29, 0.717) is 19.0 Å². The molecular weight excluding hydrogens is 244 g/mol. The van der Waals surface area contributed by atoms with E-state index in [4.69, 9.17) is 4.74 Å². The van der Waals surface area contributed by atoms with Gasteiger partial charge in [0.2, 0.25) is 0 Å². The lowest BCUT2D eigenvalue weighted by Gasteiger charge is -2.31. The molecule has 2 aliphatic rings. The van der Waals surface area contributed by atoms with Crippen LogP contribution in [0.4, 0.5) is 0 Å². The van der Waals surface area contributed by atoms with Gasteiger partial charge in [0, 0.05) is 19.0 Å². The molecule has 2 rings (SSSR count). The summed E-state index contributed by atoms with van der Waals surface area (Å²) in [5, 5.41) is 3.29. The van der Waals surface area contributed by atoms with Crippen LogP contribution in [0.15, 0.2) is 0 Å². The number of ether oxygens (including phenoxy) is 1. The van der Waals surface area contributed by atoms with Crippen LogP contribution in [-0.2, 0) is 14.3 Å². The molecule has 108 valence electrons. The van der Waals surface area contributed by atoms with Gasteiger partial charge in [-0.2, -0.15) is 0 Å². The largest absolute Gasteiger partial charge is 0.452 e. The Kier molecular flexibility index (Phi) is 4.13. The molecule has 0 bridgehead atoms. The first-order chi connectivity index (χ1) is 8.89. The maximum Gasteiger partial charge on any atom is 0.312 e. The van der Waals surface area contributed by atoms with Crippen LogP contribution in [0.3, 0.4) is 0 Å². The molecule has 2 saturated heterocycles. The summed E-state index contributed by atoms with van der Waals surface area (Å²) in [6.45, 7) is 8.05. The molecule has 0 aromatic rings. The first-order valence-electron chi connectivity index (χ1n) is 7.12. The molecule has 0 aliphatic carbocycles. The number of carbonyl (C=O) groups excluding carboxylic acids is 2. The number of hydrogen-bond donors (Lipinski definition) is 1. The molecule has 5 nitrogen and oxygen atoms in total. The Morgan fingerprint density at radius 3 is 2.47 bits per heavy atom. The topological polar surface area (TPSA) is 58.6 Å². The van der Waals surface area contributed by atoms with E-state index in [0.717, 1.165) is 25.9 Å². The molecule has 1 atom stereocenters. The molecule has 19 heavy (non-hydrogen) atoms. The van der Waals surface area contributed by atoms with E-state index in [2.05, 4.69) is 5.32 Å². The van der Waals surface area contributed by atoms with Crippen LogP contribution in [0.5, 0.6) is 0 Å². The van der Waals surface area contributed by atoms with Gasteiger partial charge in [0.15, 0.2) is 6.10 Å². The van der Waals surface area contributed by atoms with Gasteiger partial charge in [-0.25, -0.2) is 0 Å². The van der Waals surface area contributed by atoms with E-state index < -0.39 is 11.5 Å². The number of piperidine rings is 1. The van der Waals surface area contributed by atoms with Gasteiger partial charge in [-0.1, -0.05) is 0 Å². The fourth-order valence-corrected chi connectivity index (χ4v) is 2.57. The minimum atomic E-state index is -0.568. The third-order valence-electron chi connectivity index (χ3n) is 3.80. The number of rotatable bonds is 2. The Hall–Kier alpha value is -1.10. The molecule has 1 amide bonds. The highest BCUT2D eigenvalue weighted by molar-refractivity contribution is 5.86. The van der Waals surface area contributed by atoms with Crippen molar-refractivity contribution in [3.63, 3.8) is 0 Å². The van der Waals surface area contributed by atoms with Crippen LogP contribution >= 0.6 is 0 Å². The molecule has 5 heteroatoms. The average molecular weight is 268 g/mol. The molecule has 0 unspecified atom stereocenters. The van der Waals surface area contributed by atoms with Crippen molar-refractivity contribution in [3.8, 4) is 0 Å². The van der Waals surface area contributed by atoms with Crippen molar-refractivity contribution < 1.29 is 14.3 Å². The Bertz CT molecular complexity index is 356. The summed E-state index contributed by atoms with van der Waals surface area (Å²) in [6, 6.07) is 0.312. The summed E-state index contributed by atoms with van der Waals surface area (Å²) in [4.78, 5) is 26.0. The monoisotopic (exact) mass is 268 g/mol. The van der Waals surface area contributed by atoms with E-state index in [1.807, 2.05) is 4.90 Å². The number of nitrogens with zero attached hydrogens (tertiary/aromatic N) is 1. The van der Waals surface area contributed by atoms with Gasteiger partial charge in [0.05, 0.1) is 5.41 Å². The highest BCUT2D eigenvalue weighted by Gasteiger charge is 2.39. The Morgan fingerprint density at radius 1 is 1.26 bits per heavy atom. The third kappa shape index (κ3) is 3.26. The molecular formula is C14H24N2O3. The van der Waals surface area contributed by atoms with E-state index in [9.17, 15) is 9.59 Å². The van der Waals surface area contributed by atoms with E-state index in [1.165, 1.54) is 0 Å². The second-order valence-corrected chi connectivity index (χ2v) is 6.45. The zero-order valence-corrected chi connectivity index (χ0v) is 12.1. The van der Waals surface area contributed by atoms with Gasteiger partial charge in [0.1, 0.15) is 0 Å². The Morgan fingerprint density at radius 2 is 1.89 bits per heavy atom. The van der Waals surface area contributed by atoms with Crippen LogP contribution in [-0.4, -0.2) is 48.6 Å². The summed E-state index contributed by atoms with van der Waals surface area (Å²) in [6.07, 6.45) is 2.05. The van der Waals surface area contributed by atoms with Crippen molar-refractivity contribution in [2.75, 3.05) is 19.6 Å². The van der Waals surface area contributed by atoms with Gasteiger partial charge in [-0.3, -0.25) is 9.59 Å². The zero-order chi connectivity index (χ0) is 14.0. The minimum Gasteiger partial charge on any atom is -0.452 e. The van der Waals surface area contributed by atoms with Crippen molar-refractivity contribution >= 4 is 11.9 Å². The van der Waals surface area contributed by atoms with Gasteiger partial charge >= 0.3 is 5.97 Å². The number of esters is 1. The standard InChI is InChI=1S/C14H24N2O3/c1-14(2,3)13(18)19-11-6-9-16(12(11)17)10-4-7-15-8-5-10/h10-11,15H,4-9H2,1-3H3/t11-/m1/s1. The third-order valence-corrected chi connectivity index (χ3v) is 3.80. The SMILES string of the molecule is CC(C)(C)C(=O)O[C@@H]1CCN(C2CCNCC2)C1=O. The fourth-order valence-electron chi connectivity index (χ4n) is 2.57. The second-order valence-electron chi connectivity index (χ2n) is 6.45. The fraction of sp³-hybridized carbons (Fsp3) is 0.857. The van der Waals surface area contributed by atoms with Crippen molar-refractivity contribution in [1.29, 1.82) is 0 Å². The van der Waals surface area contributed by atoms with Crippen LogP contribution in [0.1, 0.15) is 40.0 Å². The van der Waals surface area contributed by atoms with Gasteiger partial charge in [0.25, 0.3) is 5.91 Å². The van der Waals surface area contributed by atoms with Crippen molar-refractivity contribution in [2.45, 2.75) is 52.2 Å². The predicted molar refractivity (Wildman–Crippen MR) is 71.6 cm³/mol. The smallest absolute Gasteiger partial charge is 0.312 e. The quantitative estimate of drug-likeness (QED) is 0.757. The number of amides is 1. The molecule has 0 saturated carbocycles. The number of likely N-dealkylation sites (tertiary alicyclic amines) is 1. The summed E-state index contributed by atoms with van der Waals surface area (Å²) in [5.41, 5.74) is -0.553. The molecule has 2 aliphatic heterocycles. The van der Waals surface area contributed by atoms with Crippen LogP contribution in [0.25, 0.3) is 0 Å². The van der Waals surface area contributed by atoms with Crippen LogP contribution in [0, 0.1) is 5.41 Å². The highest BCUT2D eigenvalue weighted by atomic mass is 16.6. The normalized spacial score (nSPS) is 25.7. The molecule has 1 N–H and O–H groups in total. The van der Waals surface area contributed by atoms with Gasteiger partial charge in [-0.05, 0) is 46.7 Å². The van der Waals surface area contributed by atoms with Gasteiger partial charge < -0.3 is 15.0 Å². The molecule has 2 heterocycles. The van der Waals surface area contributed by atoms with Crippen LogP contribution in [0.2, 0.25) is 0 Å². The minimum absolute atomic E-state index is 0.00972. The van der Waals surface area contributed by atoms with Crippen molar-refractivity contribution in [3.05, 3.63) is 0 Å². The number of carbonyl (C=O) groups is 2. The van der Waals surface area contributed by atoms with Gasteiger partial charge in [-0.15, -0.1) is 0 Å². The lowest BCUT2D eigenvalue weighted by Crippen LogP contribution is -2.45. The molecule has 0 spiro atoms. The highest BCUT2D eigenvalue weighted by Crippen LogP contribution is 2.24. The first kappa shape index (κ1) is 14.3. The van der Waals surface area contributed by atoms with E-state index in [-0.39, 0.29) is 11.9 Å². The van der Waals surface area contributed by atoms with E-state index in [1.54, 1.807) is 20.8 Å². The summed E-state index contributed by atoms with van der Waals surface area (Å²) in [7, 11) is 0. The summed E-state index contributed by atoms with van der Waals surface area (Å²) < 4.78 is 5.36. The number of hydrogen-bond acceptors (Lipinski definition) is 4. The maximum atomic E-state index is 12.3. The predicted octanol–water partition coefficient (Wildman–Crippen LogP) is 0.929. The Labute approximate surface area is 114 Å². The van der Waals surface area contributed by atoms with Crippen LogP contribution < -0.4 is 5.32 Å². The Balaban J connectivity index is 1.92. The van der Waals surface area contributed by atoms with Crippen molar-refractivity contribution in [2.24, 2.45) is 5.41 Å². The molecule has 0 aromatic carbocycles. The lowest BCUT2D eigenvalue weighted by atomic mass is 9.97. The average Bonchev–Trinajstić information content (AvgIpc) is 2.71. The zero-order valence-electron chi connectivity index (χ0n) is 12.1. The number of nitrogens with one attached hydrogen (secondary N) is 1. The summed E-state index contributed by atoms with van der Waals surface area (Å²) in [5.74, 6) is -0.303. The molecule has 0 aromatic heterocycles. The second kappa shape index (κ2) is 5.49. The lowest BCUT2D eigenvalue weighted by molar-refractivity contribution is -0.164. The summed E-state index contributed by atoms with van der Waals surface area (Å²) >= 11 is 0.